The highest BCUT2D eigenvalue weighted by atomic mass is 14.7. The molecule has 2 aliphatic carbocycles. The molecule has 3 unspecified atom stereocenters. The molecule has 0 spiro atoms. The predicted molar refractivity (Wildman–Crippen MR) is 66.8 cm³/mol. The average Bonchev–Trinajstić information content (AvgIpc) is 2.27. The van der Waals surface area contributed by atoms with Crippen molar-refractivity contribution >= 4 is 0 Å². The predicted octanol–water partition coefficient (Wildman–Crippen LogP) is 4.89. The molecule has 2 rings (SSSR count). The van der Waals surface area contributed by atoms with E-state index in [2.05, 4.69) is 41.5 Å². The van der Waals surface area contributed by atoms with Crippen LogP contribution >= 0.6 is 0 Å². The Bertz CT molecular complexity index is 261. The van der Waals surface area contributed by atoms with E-state index in [0.29, 0.717) is 16.2 Å². The summed E-state index contributed by atoms with van der Waals surface area (Å²) in [5, 5.41) is 0. The second-order valence-corrected chi connectivity index (χ2v) is 7.53. The normalized spacial score (nSPS) is 47.6. The molecule has 0 heterocycles. The van der Waals surface area contributed by atoms with Gasteiger partial charge < -0.3 is 0 Å². The molecule has 2 aliphatic rings. The van der Waals surface area contributed by atoms with E-state index in [1.807, 2.05) is 0 Å². The summed E-state index contributed by atoms with van der Waals surface area (Å²) in [4.78, 5) is 0. The molecule has 0 bridgehead atoms. The second kappa shape index (κ2) is 3.02. The fraction of sp³-hybridized carbons (Fsp3) is 1.00. The van der Waals surface area contributed by atoms with E-state index in [1.165, 1.54) is 25.7 Å². The molecule has 0 radical (unpaired) electrons. The lowest BCUT2D eigenvalue weighted by Crippen LogP contribution is -2.50. The standard InChI is InChI=1S/C15H28/c1-11-10-12-8-7-9-13(2,3)15(12,6)14(11,4)5/h11-12H,7-10H2,1-6H3. The van der Waals surface area contributed by atoms with Crippen LogP contribution in [0.15, 0.2) is 0 Å². The monoisotopic (exact) mass is 208 g/mol. The highest BCUT2D eigenvalue weighted by Gasteiger charge is 2.62. The topological polar surface area (TPSA) is 0 Å². The lowest BCUT2D eigenvalue weighted by molar-refractivity contribution is -0.0850. The zero-order valence-electron chi connectivity index (χ0n) is 11.5. The third-order valence-corrected chi connectivity index (χ3v) is 6.79. The molecule has 15 heavy (non-hydrogen) atoms. The fourth-order valence-corrected chi connectivity index (χ4v) is 4.88. The minimum atomic E-state index is 0.515. The van der Waals surface area contributed by atoms with Gasteiger partial charge >= 0.3 is 0 Å². The van der Waals surface area contributed by atoms with E-state index < -0.39 is 0 Å². The van der Waals surface area contributed by atoms with Crippen LogP contribution in [0.3, 0.4) is 0 Å². The van der Waals surface area contributed by atoms with Gasteiger partial charge in [0.2, 0.25) is 0 Å². The summed E-state index contributed by atoms with van der Waals surface area (Å²) in [6.07, 6.45) is 5.83. The minimum absolute atomic E-state index is 0.515. The van der Waals surface area contributed by atoms with Gasteiger partial charge in [0.1, 0.15) is 0 Å². The first kappa shape index (κ1) is 11.5. The Morgan fingerprint density at radius 3 is 2.13 bits per heavy atom. The highest BCUT2D eigenvalue weighted by molar-refractivity contribution is 5.11. The average molecular weight is 208 g/mol. The van der Waals surface area contributed by atoms with Crippen molar-refractivity contribution in [2.45, 2.75) is 67.2 Å². The Kier molecular flexibility index (Phi) is 2.31. The van der Waals surface area contributed by atoms with Gasteiger partial charge in [-0.15, -0.1) is 0 Å². The zero-order chi connectivity index (χ0) is 11.5. The number of hydrogen-bond donors (Lipinski definition) is 0. The summed E-state index contributed by atoms with van der Waals surface area (Å²) in [6.45, 7) is 15.1. The van der Waals surface area contributed by atoms with Crippen LogP contribution < -0.4 is 0 Å². The van der Waals surface area contributed by atoms with Crippen LogP contribution in [0.25, 0.3) is 0 Å². The molecule has 0 saturated heterocycles. The van der Waals surface area contributed by atoms with Crippen molar-refractivity contribution in [3.8, 4) is 0 Å². The second-order valence-electron chi connectivity index (χ2n) is 7.53. The van der Waals surface area contributed by atoms with E-state index >= 15 is 0 Å². The van der Waals surface area contributed by atoms with Crippen molar-refractivity contribution < 1.29 is 0 Å². The van der Waals surface area contributed by atoms with E-state index in [-0.39, 0.29) is 0 Å². The first-order chi connectivity index (χ1) is 6.73. The summed E-state index contributed by atoms with van der Waals surface area (Å²) in [5.41, 5.74) is 1.60. The van der Waals surface area contributed by atoms with Crippen LogP contribution in [0.2, 0.25) is 0 Å². The van der Waals surface area contributed by atoms with Gasteiger partial charge in [-0.3, -0.25) is 0 Å². The SMILES string of the molecule is CC1CC2CCCC(C)(C)C2(C)C1(C)C. The molecule has 0 heteroatoms. The van der Waals surface area contributed by atoms with Crippen molar-refractivity contribution in [1.82, 2.24) is 0 Å². The molecular weight excluding hydrogens is 180 g/mol. The van der Waals surface area contributed by atoms with Crippen LogP contribution in [0.5, 0.6) is 0 Å². The number of fused-ring (bicyclic) bond motifs is 1. The largest absolute Gasteiger partial charge is 0.0620 e. The molecule has 88 valence electrons. The Morgan fingerprint density at radius 2 is 1.60 bits per heavy atom. The molecule has 0 aliphatic heterocycles. The molecule has 3 atom stereocenters. The first-order valence-electron chi connectivity index (χ1n) is 6.73. The third-order valence-electron chi connectivity index (χ3n) is 6.79. The highest BCUT2D eigenvalue weighted by Crippen LogP contribution is 2.70. The molecule has 0 nitrogen and oxygen atoms in total. The quantitative estimate of drug-likeness (QED) is 0.532. The van der Waals surface area contributed by atoms with Gasteiger partial charge in [0, 0.05) is 0 Å². The van der Waals surface area contributed by atoms with Crippen molar-refractivity contribution in [1.29, 1.82) is 0 Å². The Balaban J connectivity index is 2.47. The summed E-state index contributed by atoms with van der Waals surface area (Å²) >= 11 is 0. The maximum absolute atomic E-state index is 2.58. The molecule has 0 aromatic carbocycles. The summed E-state index contributed by atoms with van der Waals surface area (Å²) in [6, 6.07) is 0. The molecule has 0 aromatic heterocycles. The molecule has 0 N–H and O–H groups in total. The molecule has 0 aromatic rings. The molecule has 0 amide bonds. The smallest absolute Gasteiger partial charge is 0.0192 e. The van der Waals surface area contributed by atoms with Gasteiger partial charge in [-0.2, -0.15) is 0 Å². The number of rotatable bonds is 0. The van der Waals surface area contributed by atoms with E-state index in [1.54, 1.807) is 0 Å². The van der Waals surface area contributed by atoms with E-state index in [0.717, 1.165) is 11.8 Å². The maximum Gasteiger partial charge on any atom is -0.0192 e. The van der Waals surface area contributed by atoms with Gasteiger partial charge in [0.15, 0.2) is 0 Å². The minimum Gasteiger partial charge on any atom is -0.0620 e. The fourth-order valence-electron chi connectivity index (χ4n) is 4.88. The first-order valence-corrected chi connectivity index (χ1v) is 6.73. The lowest BCUT2D eigenvalue weighted by atomic mass is 9.47. The van der Waals surface area contributed by atoms with Crippen LogP contribution in [0, 0.1) is 28.1 Å². The number of hydrogen-bond acceptors (Lipinski definition) is 0. The van der Waals surface area contributed by atoms with Crippen LogP contribution in [-0.4, -0.2) is 0 Å². The van der Waals surface area contributed by atoms with Crippen molar-refractivity contribution in [3.05, 3.63) is 0 Å². The summed E-state index contributed by atoms with van der Waals surface area (Å²) in [7, 11) is 0. The van der Waals surface area contributed by atoms with Crippen LogP contribution in [-0.2, 0) is 0 Å². The molecule has 2 saturated carbocycles. The lowest BCUT2D eigenvalue weighted by Gasteiger charge is -2.57. The van der Waals surface area contributed by atoms with Crippen LogP contribution in [0.4, 0.5) is 0 Å². The van der Waals surface area contributed by atoms with Gasteiger partial charge in [0.05, 0.1) is 0 Å². The van der Waals surface area contributed by atoms with Crippen molar-refractivity contribution in [2.24, 2.45) is 28.1 Å². The van der Waals surface area contributed by atoms with Gasteiger partial charge in [-0.05, 0) is 47.3 Å². The van der Waals surface area contributed by atoms with Gasteiger partial charge in [0.25, 0.3) is 0 Å². The van der Waals surface area contributed by atoms with Crippen molar-refractivity contribution in [2.75, 3.05) is 0 Å². The molecular formula is C15H28. The van der Waals surface area contributed by atoms with Gasteiger partial charge in [-0.25, -0.2) is 0 Å². The zero-order valence-corrected chi connectivity index (χ0v) is 11.5. The summed E-state index contributed by atoms with van der Waals surface area (Å²) < 4.78 is 0. The maximum atomic E-state index is 2.58. The van der Waals surface area contributed by atoms with Crippen LogP contribution in [0.1, 0.15) is 67.2 Å². The van der Waals surface area contributed by atoms with E-state index in [9.17, 15) is 0 Å². The Morgan fingerprint density at radius 1 is 1.00 bits per heavy atom. The summed E-state index contributed by atoms with van der Waals surface area (Å²) in [5.74, 6) is 1.87. The van der Waals surface area contributed by atoms with E-state index in [4.69, 9.17) is 0 Å². The Labute approximate surface area is 95.8 Å². The third kappa shape index (κ3) is 1.20. The Hall–Kier alpha value is 0. The van der Waals surface area contributed by atoms with Gasteiger partial charge in [-0.1, -0.05) is 48.0 Å². The molecule has 2 fully saturated rings. The van der Waals surface area contributed by atoms with Crippen molar-refractivity contribution in [3.63, 3.8) is 0 Å².